The van der Waals surface area contributed by atoms with Crippen LogP contribution in [-0.4, -0.2) is 54.8 Å². The summed E-state index contributed by atoms with van der Waals surface area (Å²) >= 11 is 0. The molecule has 1 aromatic heterocycles. The lowest BCUT2D eigenvalue weighted by Gasteiger charge is -2.16. The zero-order valence-corrected chi connectivity index (χ0v) is 16.5. The molecule has 0 spiro atoms. The number of para-hydroxylation sites is 2. The molecule has 2 heterocycles. The molecular weight excluding hydrogens is 376 g/mol. The third-order valence-corrected chi connectivity index (χ3v) is 4.45. The molecule has 1 unspecified atom stereocenters. The Morgan fingerprint density at radius 3 is 2.38 bits per heavy atom. The molecule has 0 bridgehead atoms. The Hall–Kier alpha value is -2.81. The zero-order valence-electron chi connectivity index (χ0n) is 16.5. The zero-order chi connectivity index (χ0) is 20.4. The smallest absolute Gasteiger partial charge is 0.337 e. The Balaban J connectivity index is 1.46. The summed E-state index contributed by atoms with van der Waals surface area (Å²) in [6.45, 7) is 4.14. The van der Waals surface area contributed by atoms with E-state index in [-0.39, 0.29) is 19.3 Å². The van der Waals surface area contributed by atoms with Crippen LogP contribution in [0.15, 0.2) is 36.4 Å². The van der Waals surface area contributed by atoms with E-state index < -0.39 is 11.8 Å². The summed E-state index contributed by atoms with van der Waals surface area (Å²) in [5, 5.41) is 0. The molecule has 0 N–H and O–H groups in total. The molecule has 152 valence electrons. The maximum absolute atomic E-state index is 12.2. The molecule has 2 aromatic carbocycles. The summed E-state index contributed by atoms with van der Waals surface area (Å²) in [5.41, 5.74) is 2.40. The maximum atomic E-state index is 12.2. The summed E-state index contributed by atoms with van der Waals surface area (Å²) in [6, 6.07) is 10.7. The molecule has 0 aliphatic carbocycles. The van der Waals surface area contributed by atoms with Gasteiger partial charge in [-0.05, 0) is 38.1 Å². The van der Waals surface area contributed by atoms with Gasteiger partial charge in [0.2, 0.25) is 0 Å². The molecular formula is C21H22N2O6. The molecule has 1 saturated heterocycles. The third kappa shape index (κ3) is 4.29. The first kappa shape index (κ1) is 19.5. The largest absolute Gasteiger partial charge is 0.494 e. The molecule has 1 atom stereocenters. The van der Waals surface area contributed by atoms with Crippen LogP contribution in [-0.2, 0) is 19.0 Å². The van der Waals surface area contributed by atoms with Gasteiger partial charge < -0.3 is 23.7 Å². The van der Waals surface area contributed by atoms with E-state index in [1.54, 1.807) is 25.3 Å². The average molecular weight is 398 g/mol. The first-order chi connectivity index (χ1) is 13.9. The molecule has 1 aliphatic rings. The van der Waals surface area contributed by atoms with Gasteiger partial charge >= 0.3 is 5.97 Å². The number of carbonyl (C=O) groups is 1. The van der Waals surface area contributed by atoms with Crippen LogP contribution in [0.25, 0.3) is 22.1 Å². The van der Waals surface area contributed by atoms with Crippen molar-refractivity contribution in [3.63, 3.8) is 0 Å². The number of methoxy groups -OCH3 is 1. The molecule has 4 rings (SSSR count). The number of esters is 1. The number of fused-ring (bicyclic) bond motifs is 2. The highest BCUT2D eigenvalue weighted by Crippen LogP contribution is 2.29. The SMILES string of the molecule is COc1cccc2nc3c(OC(=O)COCC4COC(C)(C)O4)cccc3nc12. The van der Waals surface area contributed by atoms with Crippen molar-refractivity contribution in [3.05, 3.63) is 36.4 Å². The highest BCUT2D eigenvalue weighted by Gasteiger charge is 2.32. The molecule has 0 radical (unpaired) electrons. The summed E-state index contributed by atoms with van der Waals surface area (Å²) in [7, 11) is 1.59. The van der Waals surface area contributed by atoms with E-state index in [1.165, 1.54) is 0 Å². The minimum Gasteiger partial charge on any atom is -0.494 e. The Bertz CT molecular complexity index is 1050. The van der Waals surface area contributed by atoms with Crippen molar-refractivity contribution < 1.29 is 28.5 Å². The number of carbonyl (C=O) groups excluding carboxylic acids is 1. The van der Waals surface area contributed by atoms with Crippen molar-refractivity contribution in [1.29, 1.82) is 0 Å². The molecule has 1 aliphatic heterocycles. The summed E-state index contributed by atoms with van der Waals surface area (Å²) < 4.78 is 27.3. The molecule has 29 heavy (non-hydrogen) atoms. The van der Waals surface area contributed by atoms with E-state index in [4.69, 9.17) is 23.7 Å². The molecule has 1 fully saturated rings. The van der Waals surface area contributed by atoms with Gasteiger partial charge in [0.15, 0.2) is 11.5 Å². The summed E-state index contributed by atoms with van der Waals surface area (Å²) in [4.78, 5) is 21.4. The van der Waals surface area contributed by atoms with Gasteiger partial charge in [-0.25, -0.2) is 14.8 Å². The van der Waals surface area contributed by atoms with Crippen LogP contribution in [0.1, 0.15) is 13.8 Å². The van der Waals surface area contributed by atoms with Gasteiger partial charge in [0.05, 0.1) is 31.4 Å². The van der Waals surface area contributed by atoms with Crippen molar-refractivity contribution in [1.82, 2.24) is 9.97 Å². The van der Waals surface area contributed by atoms with E-state index in [1.807, 2.05) is 32.0 Å². The number of hydrogen-bond acceptors (Lipinski definition) is 8. The Labute approximate surface area is 167 Å². The van der Waals surface area contributed by atoms with E-state index in [2.05, 4.69) is 9.97 Å². The van der Waals surface area contributed by atoms with Crippen LogP contribution in [0.5, 0.6) is 11.5 Å². The van der Waals surface area contributed by atoms with Crippen LogP contribution in [0, 0.1) is 0 Å². The van der Waals surface area contributed by atoms with Crippen LogP contribution in [0.4, 0.5) is 0 Å². The fourth-order valence-corrected chi connectivity index (χ4v) is 3.19. The minimum atomic E-state index is -0.623. The fourth-order valence-electron chi connectivity index (χ4n) is 3.19. The van der Waals surface area contributed by atoms with Crippen molar-refractivity contribution in [2.24, 2.45) is 0 Å². The monoisotopic (exact) mass is 398 g/mol. The summed E-state index contributed by atoms with van der Waals surface area (Å²) in [6.07, 6.45) is -0.206. The second-order valence-electron chi connectivity index (χ2n) is 7.12. The first-order valence-corrected chi connectivity index (χ1v) is 9.29. The highest BCUT2D eigenvalue weighted by atomic mass is 16.7. The number of hydrogen-bond donors (Lipinski definition) is 0. The van der Waals surface area contributed by atoms with E-state index in [0.29, 0.717) is 40.2 Å². The predicted molar refractivity (Wildman–Crippen MR) is 105 cm³/mol. The second kappa shape index (κ2) is 7.90. The number of rotatable bonds is 6. The topological polar surface area (TPSA) is 89.0 Å². The number of ether oxygens (including phenoxy) is 5. The van der Waals surface area contributed by atoms with E-state index in [9.17, 15) is 4.79 Å². The van der Waals surface area contributed by atoms with Crippen molar-refractivity contribution in [2.45, 2.75) is 25.7 Å². The lowest BCUT2D eigenvalue weighted by molar-refractivity contribution is -0.150. The van der Waals surface area contributed by atoms with Gasteiger partial charge in [-0.3, -0.25) is 0 Å². The van der Waals surface area contributed by atoms with Crippen molar-refractivity contribution >= 4 is 28.0 Å². The Kier molecular flexibility index (Phi) is 5.31. The highest BCUT2D eigenvalue weighted by molar-refractivity contribution is 5.93. The van der Waals surface area contributed by atoms with Crippen LogP contribution < -0.4 is 9.47 Å². The quantitative estimate of drug-likeness (QED) is 0.356. The summed E-state index contributed by atoms with van der Waals surface area (Å²) in [5.74, 6) is -0.186. The van der Waals surface area contributed by atoms with Crippen LogP contribution in [0.2, 0.25) is 0 Å². The van der Waals surface area contributed by atoms with Crippen LogP contribution >= 0.6 is 0 Å². The van der Waals surface area contributed by atoms with Gasteiger partial charge in [0.1, 0.15) is 29.5 Å². The number of benzene rings is 2. The van der Waals surface area contributed by atoms with Gasteiger partial charge in [0, 0.05) is 0 Å². The predicted octanol–water partition coefficient (Wildman–Crippen LogP) is 2.87. The van der Waals surface area contributed by atoms with Gasteiger partial charge in [-0.2, -0.15) is 0 Å². The second-order valence-corrected chi connectivity index (χ2v) is 7.12. The lowest BCUT2D eigenvalue weighted by atomic mass is 10.2. The first-order valence-electron chi connectivity index (χ1n) is 9.29. The van der Waals surface area contributed by atoms with E-state index in [0.717, 1.165) is 0 Å². The third-order valence-electron chi connectivity index (χ3n) is 4.45. The Morgan fingerprint density at radius 1 is 1.10 bits per heavy atom. The van der Waals surface area contributed by atoms with Gasteiger partial charge in [-0.1, -0.05) is 12.1 Å². The standard InChI is InChI=1S/C21H22N2O6/c1-21(2)27-11-13(29-21)10-26-12-18(24)28-17-9-5-7-15-20(17)23-14-6-4-8-16(25-3)19(14)22-15/h4-9,13H,10-12H2,1-3H3. The molecule has 8 nitrogen and oxygen atoms in total. The minimum absolute atomic E-state index is 0.203. The van der Waals surface area contributed by atoms with E-state index >= 15 is 0 Å². The molecule has 0 amide bonds. The lowest BCUT2D eigenvalue weighted by Crippen LogP contribution is -2.26. The van der Waals surface area contributed by atoms with Gasteiger partial charge in [-0.15, -0.1) is 0 Å². The Morgan fingerprint density at radius 2 is 1.76 bits per heavy atom. The normalized spacial score (nSPS) is 18.2. The maximum Gasteiger partial charge on any atom is 0.337 e. The van der Waals surface area contributed by atoms with Crippen molar-refractivity contribution in [2.75, 3.05) is 26.9 Å². The van der Waals surface area contributed by atoms with Crippen molar-refractivity contribution in [3.8, 4) is 11.5 Å². The average Bonchev–Trinajstić information content (AvgIpc) is 3.05. The molecule has 0 saturated carbocycles. The van der Waals surface area contributed by atoms with Gasteiger partial charge in [0.25, 0.3) is 0 Å². The molecule has 3 aromatic rings. The number of aromatic nitrogens is 2. The molecule has 8 heteroatoms. The fraction of sp³-hybridized carbons (Fsp3) is 0.381. The number of nitrogens with zero attached hydrogens (tertiary/aromatic N) is 2. The van der Waals surface area contributed by atoms with Crippen LogP contribution in [0.3, 0.4) is 0 Å².